The van der Waals surface area contributed by atoms with E-state index in [4.69, 9.17) is 15.6 Å². The van der Waals surface area contributed by atoms with Crippen LogP contribution in [0.25, 0.3) is 0 Å². The second-order valence-corrected chi connectivity index (χ2v) is 3.19. The lowest BCUT2D eigenvalue weighted by molar-refractivity contribution is 0.181. The molecule has 0 aliphatic carbocycles. The van der Waals surface area contributed by atoms with E-state index in [-0.39, 0.29) is 17.7 Å². The first-order valence-electron chi connectivity index (χ1n) is 4.43. The minimum Gasteiger partial charge on any atom is -0.394 e. The van der Waals surface area contributed by atoms with Gasteiger partial charge in [-0.3, -0.25) is 0 Å². The van der Waals surface area contributed by atoms with Crippen LogP contribution in [0.4, 0.5) is 8.78 Å². The Kier molecular flexibility index (Phi) is 4.14. The van der Waals surface area contributed by atoms with Gasteiger partial charge in [0.1, 0.15) is 11.6 Å². The SMILES string of the molecule is COCc1cc(F)c(C(N)CO)cc1F. The normalized spacial score (nSPS) is 12.9. The number of methoxy groups -OCH3 is 1. The second-order valence-electron chi connectivity index (χ2n) is 3.19. The Morgan fingerprint density at radius 3 is 2.60 bits per heavy atom. The fraction of sp³-hybridized carbons (Fsp3) is 0.400. The molecular formula is C10H13F2NO2. The summed E-state index contributed by atoms with van der Waals surface area (Å²) in [5.41, 5.74) is 5.50. The van der Waals surface area contributed by atoms with Crippen LogP contribution in [0.3, 0.4) is 0 Å². The molecular weight excluding hydrogens is 204 g/mol. The van der Waals surface area contributed by atoms with Gasteiger partial charge in [0, 0.05) is 18.2 Å². The molecule has 1 aromatic carbocycles. The van der Waals surface area contributed by atoms with Crippen LogP contribution < -0.4 is 5.73 Å². The van der Waals surface area contributed by atoms with Crippen molar-refractivity contribution in [3.8, 4) is 0 Å². The number of rotatable bonds is 4. The van der Waals surface area contributed by atoms with E-state index in [1.807, 2.05) is 0 Å². The van der Waals surface area contributed by atoms with E-state index >= 15 is 0 Å². The van der Waals surface area contributed by atoms with Gasteiger partial charge in [-0.25, -0.2) is 8.78 Å². The molecule has 0 aromatic heterocycles. The third-order valence-electron chi connectivity index (χ3n) is 2.06. The van der Waals surface area contributed by atoms with Crippen LogP contribution >= 0.6 is 0 Å². The van der Waals surface area contributed by atoms with Gasteiger partial charge >= 0.3 is 0 Å². The van der Waals surface area contributed by atoms with Gasteiger partial charge < -0.3 is 15.6 Å². The molecule has 0 saturated heterocycles. The minimum atomic E-state index is -0.906. The summed E-state index contributed by atoms with van der Waals surface area (Å²) < 4.78 is 31.4. The van der Waals surface area contributed by atoms with Crippen molar-refractivity contribution < 1.29 is 18.6 Å². The lowest BCUT2D eigenvalue weighted by Crippen LogP contribution is -2.17. The molecule has 0 radical (unpaired) electrons. The van der Waals surface area contributed by atoms with Crippen molar-refractivity contribution in [2.75, 3.05) is 13.7 Å². The zero-order chi connectivity index (χ0) is 11.4. The maximum Gasteiger partial charge on any atom is 0.129 e. The van der Waals surface area contributed by atoms with Crippen molar-refractivity contribution in [1.82, 2.24) is 0 Å². The largest absolute Gasteiger partial charge is 0.394 e. The quantitative estimate of drug-likeness (QED) is 0.794. The van der Waals surface area contributed by atoms with Crippen molar-refractivity contribution >= 4 is 0 Å². The summed E-state index contributed by atoms with van der Waals surface area (Å²) in [4.78, 5) is 0. The first-order chi connectivity index (χ1) is 7.10. The Labute approximate surface area is 86.5 Å². The zero-order valence-electron chi connectivity index (χ0n) is 8.34. The number of ether oxygens (including phenoxy) is 1. The lowest BCUT2D eigenvalue weighted by atomic mass is 10.0. The highest BCUT2D eigenvalue weighted by Gasteiger charge is 2.14. The van der Waals surface area contributed by atoms with Crippen LogP contribution in [0.5, 0.6) is 0 Å². The first-order valence-corrected chi connectivity index (χ1v) is 4.43. The summed E-state index contributed by atoms with van der Waals surface area (Å²) in [7, 11) is 1.39. The van der Waals surface area contributed by atoms with Crippen LogP contribution in [-0.2, 0) is 11.3 Å². The van der Waals surface area contributed by atoms with E-state index in [0.717, 1.165) is 12.1 Å². The van der Waals surface area contributed by atoms with E-state index in [1.54, 1.807) is 0 Å². The molecule has 1 unspecified atom stereocenters. The van der Waals surface area contributed by atoms with Crippen LogP contribution in [0.2, 0.25) is 0 Å². The van der Waals surface area contributed by atoms with E-state index in [9.17, 15) is 8.78 Å². The van der Waals surface area contributed by atoms with E-state index in [0.29, 0.717) is 0 Å². The highest BCUT2D eigenvalue weighted by Crippen LogP contribution is 2.20. The third kappa shape index (κ3) is 2.71. The summed E-state index contributed by atoms with van der Waals surface area (Å²) in [6.07, 6.45) is 0. The van der Waals surface area contributed by atoms with Gasteiger partial charge in [0.2, 0.25) is 0 Å². The average Bonchev–Trinajstić information content (AvgIpc) is 2.22. The number of hydrogen-bond acceptors (Lipinski definition) is 3. The fourth-order valence-electron chi connectivity index (χ4n) is 1.25. The molecule has 3 N–H and O–H groups in total. The molecule has 84 valence electrons. The number of halogens is 2. The van der Waals surface area contributed by atoms with Crippen molar-refractivity contribution in [3.63, 3.8) is 0 Å². The molecule has 1 aromatic rings. The molecule has 0 fully saturated rings. The summed E-state index contributed by atoms with van der Waals surface area (Å²) in [5.74, 6) is -1.22. The number of aliphatic hydroxyl groups is 1. The Morgan fingerprint density at radius 1 is 1.40 bits per heavy atom. The van der Waals surface area contributed by atoms with Gasteiger partial charge in [0.25, 0.3) is 0 Å². The summed E-state index contributed by atoms with van der Waals surface area (Å²) in [6.45, 7) is -0.433. The maximum atomic E-state index is 13.4. The van der Waals surface area contributed by atoms with Crippen molar-refractivity contribution in [1.29, 1.82) is 0 Å². The third-order valence-corrected chi connectivity index (χ3v) is 2.06. The lowest BCUT2D eigenvalue weighted by Gasteiger charge is -2.11. The van der Waals surface area contributed by atoms with Gasteiger partial charge in [0.15, 0.2) is 0 Å². The van der Waals surface area contributed by atoms with E-state index < -0.39 is 24.3 Å². The first kappa shape index (κ1) is 12.0. The molecule has 0 spiro atoms. The summed E-state index contributed by atoms with van der Waals surface area (Å²) >= 11 is 0. The summed E-state index contributed by atoms with van der Waals surface area (Å²) in [5, 5.41) is 8.74. The highest BCUT2D eigenvalue weighted by molar-refractivity contribution is 5.28. The van der Waals surface area contributed by atoms with E-state index in [2.05, 4.69) is 0 Å². The van der Waals surface area contributed by atoms with Crippen LogP contribution in [-0.4, -0.2) is 18.8 Å². The second kappa shape index (κ2) is 5.16. The molecule has 0 amide bonds. The van der Waals surface area contributed by atoms with Crippen molar-refractivity contribution in [2.45, 2.75) is 12.6 Å². The van der Waals surface area contributed by atoms with Gasteiger partial charge in [0.05, 0.1) is 19.3 Å². The average molecular weight is 217 g/mol. The number of nitrogens with two attached hydrogens (primary N) is 1. The highest BCUT2D eigenvalue weighted by atomic mass is 19.1. The monoisotopic (exact) mass is 217 g/mol. The van der Waals surface area contributed by atoms with Crippen molar-refractivity contribution in [3.05, 3.63) is 34.9 Å². The van der Waals surface area contributed by atoms with Gasteiger partial charge in [-0.2, -0.15) is 0 Å². The van der Waals surface area contributed by atoms with Gasteiger partial charge in [-0.15, -0.1) is 0 Å². The molecule has 15 heavy (non-hydrogen) atoms. The topological polar surface area (TPSA) is 55.5 Å². The molecule has 0 aliphatic heterocycles. The van der Waals surface area contributed by atoms with Gasteiger partial charge in [-0.1, -0.05) is 0 Å². The van der Waals surface area contributed by atoms with Crippen LogP contribution in [0.1, 0.15) is 17.2 Å². The number of benzene rings is 1. The van der Waals surface area contributed by atoms with Crippen molar-refractivity contribution in [2.24, 2.45) is 5.73 Å². The standard InChI is InChI=1S/C10H13F2NO2/c1-15-5-6-2-9(12)7(3-8(6)11)10(13)4-14/h2-3,10,14H,4-5,13H2,1H3. The molecule has 0 saturated carbocycles. The Bertz CT molecular complexity index is 344. The predicted molar refractivity (Wildman–Crippen MR) is 51.1 cm³/mol. The molecule has 0 heterocycles. The molecule has 0 bridgehead atoms. The maximum absolute atomic E-state index is 13.4. The zero-order valence-corrected chi connectivity index (χ0v) is 8.34. The Morgan fingerprint density at radius 2 is 2.07 bits per heavy atom. The predicted octanol–water partition coefficient (Wildman–Crippen LogP) is 1.10. The minimum absolute atomic E-state index is 0.00258. The van der Waals surface area contributed by atoms with E-state index in [1.165, 1.54) is 7.11 Å². The van der Waals surface area contributed by atoms with Crippen LogP contribution in [0, 0.1) is 11.6 Å². The molecule has 1 atom stereocenters. The number of hydrogen-bond donors (Lipinski definition) is 2. The van der Waals surface area contributed by atoms with Gasteiger partial charge in [-0.05, 0) is 12.1 Å². The Hall–Kier alpha value is -1.04. The fourth-order valence-corrected chi connectivity index (χ4v) is 1.25. The molecule has 3 nitrogen and oxygen atoms in total. The smallest absolute Gasteiger partial charge is 0.129 e. The molecule has 5 heteroatoms. The number of aliphatic hydroxyl groups excluding tert-OH is 1. The summed E-state index contributed by atoms with van der Waals surface area (Å²) in [6, 6.07) is 1.12. The Balaban J connectivity index is 3.07. The van der Waals surface area contributed by atoms with Crippen LogP contribution in [0.15, 0.2) is 12.1 Å². The molecule has 0 aliphatic rings. The molecule has 1 rings (SSSR count).